The van der Waals surface area contributed by atoms with Crippen molar-refractivity contribution in [2.24, 2.45) is 0 Å². The first-order valence-electron chi connectivity index (χ1n) is 8.44. The number of rotatable bonds is 4. The van der Waals surface area contributed by atoms with Crippen LogP contribution in [-0.2, 0) is 9.59 Å². The van der Waals surface area contributed by atoms with Crippen LogP contribution in [-0.4, -0.2) is 31.6 Å². The predicted molar refractivity (Wildman–Crippen MR) is 100.0 cm³/mol. The molecule has 1 aliphatic heterocycles. The van der Waals surface area contributed by atoms with Gasteiger partial charge in [-0.3, -0.25) is 9.59 Å². The molecule has 0 bridgehead atoms. The maximum absolute atomic E-state index is 12.2. The zero-order chi connectivity index (χ0) is 18.8. The lowest BCUT2D eigenvalue weighted by molar-refractivity contribution is -0.125. The molecule has 136 valence electrons. The number of nitrogens with one attached hydrogen (secondary N) is 1. The summed E-state index contributed by atoms with van der Waals surface area (Å²) in [5, 5.41) is 2.79. The van der Waals surface area contributed by atoms with Crippen LogP contribution in [0.15, 0.2) is 36.4 Å². The Kier molecular flexibility index (Phi) is 4.84. The number of amides is 2. The second kappa shape index (κ2) is 7.07. The highest BCUT2D eigenvalue weighted by atomic mass is 16.5. The number of aryl methyl sites for hydroxylation is 1. The van der Waals surface area contributed by atoms with E-state index in [1.807, 2.05) is 32.0 Å². The Morgan fingerprint density at radius 1 is 1.27 bits per heavy atom. The lowest BCUT2D eigenvalue weighted by Gasteiger charge is -2.30. The minimum Gasteiger partial charge on any atom is -0.483 e. The van der Waals surface area contributed by atoms with Crippen molar-refractivity contribution in [2.75, 3.05) is 23.9 Å². The molecule has 0 aromatic heterocycles. The normalized spacial score (nSPS) is 15.9. The first-order valence-corrected chi connectivity index (χ1v) is 8.44. The van der Waals surface area contributed by atoms with Crippen molar-refractivity contribution < 1.29 is 19.1 Å². The number of carbonyl (C=O) groups is 2. The molecule has 1 aliphatic rings. The number of benzene rings is 2. The van der Waals surface area contributed by atoms with Crippen LogP contribution in [0.4, 0.5) is 11.4 Å². The molecule has 2 aromatic rings. The van der Waals surface area contributed by atoms with Gasteiger partial charge < -0.3 is 19.7 Å². The third-order valence-electron chi connectivity index (χ3n) is 4.50. The molecule has 0 aliphatic carbocycles. The number of likely N-dealkylation sites (N-methyl/N-ethyl adjacent to an activating group) is 1. The molecule has 0 radical (unpaired) electrons. The molecule has 0 spiro atoms. The lowest BCUT2D eigenvalue weighted by Crippen LogP contribution is -2.42. The Balaban J connectivity index is 1.67. The molecule has 3 rings (SSSR count). The number of ether oxygens (including phenoxy) is 2. The smallest absolute Gasteiger partial charge is 0.267 e. The molecule has 26 heavy (non-hydrogen) atoms. The van der Waals surface area contributed by atoms with Gasteiger partial charge in [0.1, 0.15) is 11.5 Å². The monoisotopic (exact) mass is 354 g/mol. The van der Waals surface area contributed by atoms with Crippen LogP contribution in [0, 0.1) is 13.8 Å². The van der Waals surface area contributed by atoms with E-state index >= 15 is 0 Å². The summed E-state index contributed by atoms with van der Waals surface area (Å²) in [5.74, 6) is 0.909. The third-order valence-corrected chi connectivity index (χ3v) is 4.50. The van der Waals surface area contributed by atoms with E-state index in [4.69, 9.17) is 9.47 Å². The average molecular weight is 354 g/mol. The van der Waals surface area contributed by atoms with Crippen molar-refractivity contribution >= 4 is 23.2 Å². The molecule has 2 aromatic carbocycles. The maximum Gasteiger partial charge on any atom is 0.267 e. The number of fused-ring (bicyclic) bond motifs is 1. The van der Waals surface area contributed by atoms with Crippen molar-refractivity contribution in [3.8, 4) is 11.5 Å². The van der Waals surface area contributed by atoms with Gasteiger partial charge in [0.05, 0.1) is 5.69 Å². The second-order valence-corrected chi connectivity index (χ2v) is 6.37. The Morgan fingerprint density at radius 3 is 2.81 bits per heavy atom. The van der Waals surface area contributed by atoms with Gasteiger partial charge in [-0.1, -0.05) is 12.1 Å². The molecule has 0 saturated heterocycles. The summed E-state index contributed by atoms with van der Waals surface area (Å²) in [6, 6.07) is 10.9. The van der Waals surface area contributed by atoms with Crippen LogP contribution in [0.1, 0.15) is 18.1 Å². The first kappa shape index (κ1) is 17.8. The topological polar surface area (TPSA) is 67.9 Å². The van der Waals surface area contributed by atoms with Crippen molar-refractivity contribution in [1.82, 2.24) is 0 Å². The van der Waals surface area contributed by atoms with Crippen molar-refractivity contribution in [3.63, 3.8) is 0 Å². The molecule has 0 fully saturated rings. The maximum atomic E-state index is 12.2. The van der Waals surface area contributed by atoms with Gasteiger partial charge >= 0.3 is 0 Å². The van der Waals surface area contributed by atoms with Crippen LogP contribution >= 0.6 is 0 Å². The number of carbonyl (C=O) groups excluding carboxylic acids is 2. The number of anilines is 2. The van der Waals surface area contributed by atoms with E-state index in [-0.39, 0.29) is 18.4 Å². The minimum atomic E-state index is -0.515. The highest BCUT2D eigenvalue weighted by Crippen LogP contribution is 2.35. The summed E-state index contributed by atoms with van der Waals surface area (Å²) in [6.07, 6.45) is -0.515. The Morgan fingerprint density at radius 2 is 2.04 bits per heavy atom. The summed E-state index contributed by atoms with van der Waals surface area (Å²) in [4.78, 5) is 25.8. The molecule has 6 heteroatoms. The fourth-order valence-electron chi connectivity index (χ4n) is 2.81. The zero-order valence-corrected chi connectivity index (χ0v) is 15.3. The molecule has 1 unspecified atom stereocenters. The molecular formula is C20H22N2O4. The lowest BCUT2D eigenvalue weighted by atomic mass is 10.1. The van der Waals surface area contributed by atoms with Gasteiger partial charge in [-0.15, -0.1) is 0 Å². The number of hydrogen-bond acceptors (Lipinski definition) is 4. The predicted octanol–water partition coefficient (Wildman–Crippen LogP) is 3.06. The van der Waals surface area contributed by atoms with Gasteiger partial charge in [-0.25, -0.2) is 0 Å². The minimum absolute atomic E-state index is 0.0936. The summed E-state index contributed by atoms with van der Waals surface area (Å²) in [6.45, 7) is 5.57. The van der Waals surface area contributed by atoms with Gasteiger partial charge in [0, 0.05) is 12.7 Å². The van der Waals surface area contributed by atoms with E-state index in [1.54, 1.807) is 32.2 Å². The standard InChI is InChI=1S/C20H22N2O4/c1-12-6-5-7-17(13(12)2)25-11-19(23)21-15-8-9-18-16(10-15)22(4)20(24)14(3)26-18/h5-10,14H,11H2,1-4H3,(H,21,23). The van der Waals surface area contributed by atoms with Gasteiger partial charge in [0.15, 0.2) is 12.7 Å². The van der Waals surface area contributed by atoms with Crippen molar-refractivity contribution in [2.45, 2.75) is 26.9 Å². The van der Waals surface area contributed by atoms with E-state index in [0.29, 0.717) is 22.9 Å². The fourth-order valence-corrected chi connectivity index (χ4v) is 2.81. The van der Waals surface area contributed by atoms with Crippen LogP contribution in [0.25, 0.3) is 0 Å². The molecular weight excluding hydrogens is 332 g/mol. The van der Waals surface area contributed by atoms with Crippen molar-refractivity contribution in [3.05, 3.63) is 47.5 Å². The fraction of sp³-hybridized carbons (Fsp3) is 0.300. The van der Waals surface area contributed by atoms with E-state index in [9.17, 15) is 9.59 Å². The first-order chi connectivity index (χ1) is 12.4. The van der Waals surface area contributed by atoms with Crippen LogP contribution < -0.4 is 19.7 Å². The van der Waals surface area contributed by atoms with E-state index in [0.717, 1.165) is 11.1 Å². The van der Waals surface area contributed by atoms with Gasteiger partial charge in [0.2, 0.25) is 0 Å². The van der Waals surface area contributed by atoms with Gasteiger partial charge in [0.25, 0.3) is 11.8 Å². The Hall–Kier alpha value is -3.02. The third kappa shape index (κ3) is 3.49. The SMILES string of the molecule is Cc1cccc(OCC(=O)Nc2ccc3c(c2)N(C)C(=O)C(C)O3)c1C. The summed E-state index contributed by atoms with van der Waals surface area (Å²) in [5.41, 5.74) is 3.33. The van der Waals surface area contributed by atoms with E-state index < -0.39 is 6.10 Å². The van der Waals surface area contributed by atoms with Crippen molar-refractivity contribution in [1.29, 1.82) is 0 Å². The van der Waals surface area contributed by atoms with Crippen LogP contribution in [0.2, 0.25) is 0 Å². The zero-order valence-electron chi connectivity index (χ0n) is 15.3. The quantitative estimate of drug-likeness (QED) is 0.916. The summed E-state index contributed by atoms with van der Waals surface area (Å²) in [7, 11) is 1.69. The van der Waals surface area contributed by atoms with Gasteiger partial charge in [-0.2, -0.15) is 0 Å². The Bertz CT molecular complexity index is 863. The summed E-state index contributed by atoms with van der Waals surface area (Å²) >= 11 is 0. The average Bonchev–Trinajstić information content (AvgIpc) is 2.62. The van der Waals surface area contributed by atoms with Crippen LogP contribution in [0.3, 0.4) is 0 Å². The highest BCUT2D eigenvalue weighted by Gasteiger charge is 2.29. The number of hydrogen-bond donors (Lipinski definition) is 1. The summed E-state index contributed by atoms with van der Waals surface area (Å²) < 4.78 is 11.2. The van der Waals surface area contributed by atoms with E-state index in [2.05, 4.69) is 5.32 Å². The van der Waals surface area contributed by atoms with Crippen LogP contribution in [0.5, 0.6) is 11.5 Å². The molecule has 1 heterocycles. The highest BCUT2D eigenvalue weighted by molar-refractivity contribution is 6.00. The molecule has 6 nitrogen and oxygen atoms in total. The molecule has 0 saturated carbocycles. The molecule has 1 N–H and O–H groups in total. The molecule has 1 atom stereocenters. The second-order valence-electron chi connectivity index (χ2n) is 6.37. The van der Waals surface area contributed by atoms with E-state index in [1.165, 1.54) is 4.90 Å². The Labute approximate surface area is 152 Å². The number of nitrogens with zero attached hydrogens (tertiary/aromatic N) is 1. The largest absolute Gasteiger partial charge is 0.483 e. The molecule has 2 amide bonds. The van der Waals surface area contributed by atoms with Gasteiger partial charge in [-0.05, 0) is 56.2 Å².